The summed E-state index contributed by atoms with van der Waals surface area (Å²) >= 11 is 14.6. The van der Waals surface area contributed by atoms with Crippen LogP contribution in [0, 0.1) is 0 Å². The number of thiophene rings is 2. The minimum Gasteiger partial charge on any atom is -0.453 e. The molecule has 0 saturated heterocycles. The average molecular weight is 371 g/mol. The van der Waals surface area contributed by atoms with Crippen molar-refractivity contribution in [3.05, 3.63) is 55.5 Å². The first-order valence-electron chi connectivity index (χ1n) is 6.17. The predicted octanol–water partition coefficient (Wildman–Crippen LogP) is 5.31. The van der Waals surface area contributed by atoms with Crippen LogP contribution in [-0.2, 0) is 4.74 Å². The van der Waals surface area contributed by atoms with E-state index in [9.17, 15) is 9.59 Å². The highest BCUT2D eigenvalue weighted by Gasteiger charge is 2.20. The van der Waals surface area contributed by atoms with E-state index in [2.05, 4.69) is 0 Å². The molecule has 0 amide bonds. The molecule has 3 rings (SSSR count). The topological polar surface area (TPSA) is 43.4 Å². The van der Waals surface area contributed by atoms with Crippen LogP contribution in [0.4, 0.5) is 0 Å². The van der Waals surface area contributed by atoms with Crippen LogP contribution in [-0.4, -0.2) is 18.4 Å². The Hall–Kier alpha value is -1.40. The van der Waals surface area contributed by atoms with Gasteiger partial charge in [-0.3, -0.25) is 4.79 Å². The van der Waals surface area contributed by atoms with Gasteiger partial charge in [0.1, 0.15) is 4.88 Å². The Kier molecular flexibility index (Phi) is 4.49. The molecule has 3 aromatic rings. The lowest BCUT2D eigenvalue weighted by atomic mass is 10.2. The summed E-state index contributed by atoms with van der Waals surface area (Å²) in [5, 5.41) is 3.43. The van der Waals surface area contributed by atoms with Crippen molar-refractivity contribution in [2.45, 2.75) is 0 Å². The van der Waals surface area contributed by atoms with Crippen LogP contribution in [0.5, 0.6) is 0 Å². The third-order valence-corrected chi connectivity index (χ3v) is 5.69. The van der Waals surface area contributed by atoms with Crippen LogP contribution >= 0.6 is 45.9 Å². The van der Waals surface area contributed by atoms with E-state index in [1.54, 1.807) is 35.7 Å². The van der Waals surface area contributed by atoms with Crippen LogP contribution in [0.2, 0.25) is 10.0 Å². The van der Waals surface area contributed by atoms with Crippen molar-refractivity contribution in [1.29, 1.82) is 0 Å². The molecule has 22 heavy (non-hydrogen) atoms. The first-order valence-corrected chi connectivity index (χ1v) is 8.63. The van der Waals surface area contributed by atoms with Gasteiger partial charge in [-0.1, -0.05) is 35.3 Å². The van der Waals surface area contributed by atoms with Crippen molar-refractivity contribution in [2.75, 3.05) is 6.61 Å². The minimum absolute atomic E-state index is 0.233. The number of hydrogen-bond acceptors (Lipinski definition) is 5. The number of carbonyl (C=O) groups is 2. The maximum atomic E-state index is 12.1. The van der Waals surface area contributed by atoms with Gasteiger partial charge >= 0.3 is 5.97 Å². The number of ketones is 1. The van der Waals surface area contributed by atoms with Gasteiger partial charge in [0, 0.05) is 15.1 Å². The Morgan fingerprint density at radius 3 is 2.73 bits per heavy atom. The molecule has 2 heterocycles. The van der Waals surface area contributed by atoms with Crippen LogP contribution in [0.3, 0.4) is 0 Å². The standard InChI is InChI=1S/C15H8Cl2O3S2/c16-8-3-4-9-12(6-8)22-14(13(9)17)15(19)20-7-10(18)11-2-1-5-21-11/h1-6H,7H2. The van der Waals surface area contributed by atoms with E-state index in [0.717, 1.165) is 10.1 Å². The summed E-state index contributed by atoms with van der Waals surface area (Å²) in [4.78, 5) is 24.8. The number of esters is 1. The van der Waals surface area contributed by atoms with E-state index in [0.29, 0.717) is 14.9 Å². The Bertz CT molecular complexity index is 853. The maximum absolute atomic E-state index is 12.1. The second-order valence-electron chi connectivity index (χ2n) is 4.36. The van der Waals surface area contributed by atoms with Crippen molar-refractivity contribution in [3.63, 3.8) is 0 Å². The lowest BCUT2D eigenvalue weighted by Gasteiger charge is -2.01. The molecule has 0 bridgehead atoms. The molecule has 0 spiro atoms. The number of fused-ring (bicyclic) bond motifs is 1. The quantitative estimate of drug-likeness (QED) is 0.461. The predicted molar refractivity (Wildman–Crippen MR) is 90.8 cm³/mol. The highest BCUT2D eigenvalue weighted by atomic mass is 35.5. The zero-order chi connectivity index (χ0) is 15.7. The van der Waals surface area contributed by atoms with Gasteiger partial charge in [-0.05, 0) is 23.6 Å². The van der Waals surface area contributed by atoms with Gasteiger partial charge in [0.25, 0.3) is 0 Å². The van der Waals surface area contributed by atoms with Crippen molar-refractivity contribution < 1.29 is 14.3 Å². The van der Waals surface area contributed by atoms with E-state index in [-0.39, 0.29) is 17.3 Å². The molecule has 0 radical (unpaired) electrons. The average Bonchev–Trinajstić information content (AvgIpc) is 3.13. The van der Waals surface area contributed by atoms with Gasteiger partial charge in [0.2, 0.25) is 5.78 Å². The van der Waals surface area contributed by atoms with E-state index in [4.69, 9.17) is 27.9 Å². The minimum atomic E-state index is -0.604. The van der Waals surface area contributed by atoms with Gasteiger partial charge in [-0.25, -0.2) is 4.79 Å². The smallest absolute Gasteiger partial charge is 0.350 e. The fourth-order valence-electron chi connectivity index (χ4n) is 1.88. The van der Waals surface area contributed by atoms with Gasteiger partial charge in [0.05, 0.1) is 9.90 Å². The Morgan fingerprint density at radius 2 is 2.00 bits per heavy atom. The number of carbonyl (C=O) groups excluding carboxylic acids is 2. The summed E-state index contributed by atoms with van der Waals surface area (Å²) in [5.74, 6) is -0.837. The van der Waals surface area contributed by atoms with Gasteiger partial charge < -0.3 is 4.74 Å². The Balaban J connectivity index is 1.78. The van der Waals surface area contributed by atoms with Crippen LogP contribution < -0.4 is 0 Å². The van der Waals surface area contributed by atoms with E-state index < -0.39 is 5.97 Å². The number of benzene rings is 1. The fraction of sp³-hybridized carbons (Fsp3) is 0.0667. The third kappa shape index (κ3) is 3.03. The van der Waals surface area contributed by atoms with E-state index in [1.165, 1.54) is 22.7 Å². The SMILES string of the molecule is O=C(COC(=O)c1sc2cc(Cl)ccc2c1Cl)c1cccs1. The molecule has 0 aliphatic heterocycles. The number of Topliss-reactive ketones (excluding diaryl/α,β-unsaturated/α-hetero) is 1. The molecule has 0 unspecified atom stereocenters. The highest BCUT2D eigenvalue weighted by Crippen LogP contribution is 2.37. The first-order chi connectivity index (χ1) is 10.6. The van der Waals surface area contributed by atoms with Crippen LogP contribution in [0.25, 0.3) is 10.1 Å². The van der Waals surface area contributed by atoms with Gasteiger partial charge in [-0.2, -0.15) is 0 Å². The second-order valence-corrected chi connectivity index (χ2v) is 7.18. The lowest BCUT2D eigenvalue weighted by molar-refractivity contribution is 0.0481. The first kappa shape index (κ1) is 15.5. The molecular formula is C15H8Cl2O3S2. The zero-order valence-electron chi connectivity index (χ0n) is 11.0. The molecule has 3 nitrogen and oxygen atoms in total. The molecule has 0 N–H and O–H groups in total. The number of hydrogen-bond donors (Lipinski definition) is 0. The van der Waals surface area contributed by atoms with Gasteiger partial charge in [-0.15, -0.1) is 22.7 Å². The molecule has 0 saturated carbocycles. The normalized spacial score (nSPS) is 10.8. The second kappa shape index (κ2) is 6.38. The summed E-state index contributed by atoms with van der Waals surface area (Å²) < 4.78 is 5.87. The van der Waals surface area contributed by atoms with E-state index >= 15 is 0 Å². The largest absolute Gasteiger partial charge is 0.453 e. The summed E-state index contributed by atoms with van der Waals surface area (Å²) in [7, 11) is 0. The molecular weight excluding hydrogens is 363 g/mol. The number of rotatable bonds is 4. The Morgan fingerprint density at radius 1 is 1.18 bits per heavy atom. The molecule has 2 aromatic heterocycles. The van der Waals surface area contributed by atoms with Crippen molar-refractivity contribution >= 4 is 67.7 Å². The fourth-order valence-corrected chi connectivity index (χ4v) is 4.20. The summed E-state index contributed by atoms with van der Waals surface area (Å²) in [6.07, 6.45) is 0. The third-order valence-electron chi connectivity index (χ3n) is 2.91. The van der Waals surface area contributed by atoms with Crippen molar-refractivity contribution in [1.82, 2.24) is 0 Å². The molecule has 1 aromatic carbocycles. The molecule has 112 valence electrons. The molecule has 0 fully saturated rings. The zero-order valence-corrected chi connectivity index (χ0v) is 14.1. The van der Waals surface area contributed by atoms with Crippen LogP contribution in [0.1, 0.15) is 19.3 Å². The number of halogens is 2. The summed E-state index contributed by atoms with van der Waals surface area (Å²) in [6.45, 7) is -0.301. The van der Waals surface area contributed by atoms with Crippen molar-refractivity contribution in [2.24, 2.45) is 0 Å². The highest BCUT2D eigenvalue weighted by molar-refractivity contribution is 7.21. The maximum Gasteiger partial charge on any atom is 0.350 e. The monoisotopic (exact) mass is 370 g/mol. The molecule has 0 aliphatic rings. The summed E-state index contributed by atoms with van der Waals surface area (Å²) in [5.41, 5.74) is 0. The Labute approximate surface area is 144 Å². The van der Waals surface area contributed by atoms with Crippen LogP contribution in [0.15, 0.2) is 35.7 Å². The number of ether oxygens (including phenoxy) is 1. The lowest BCUT2D eigenvalue weighted by Crippen LogP contribution is -2.12. The molecule has 0 aliphatic carbocycles. The van der Waals surface area contributed by atoms with Crippen molar-refractivity contribution in [3.8, 4) is 0 Å². The molecule has 7 heteroatoms. The summed E-state index contributed by atoms with van der Waals surface area (Å²) in [6, 6.07) is 8.66. The molecule has 0 atom stereocenters. The van der Waals surface area contributed by atoms with Gasteiger partial charge in [0.15, 0.2) is 6.61 Å². The van der Waals surface area contributed by atoms with E-state index in [1.807, 2.05) is 0 Å².